The van der Waals surface area contributed by atoms with E-state index in [1.165, 1.54) is 44.0 Å². The Kier molecular flexibility index (Phi) is 7.49. The van der Waals surface area contributed by atoms with Gasteiger partial charge in [-0.15, -0.1) is 0 Å². The number of rotatable bonds is 0. The van der Waals surface area contributed by atoms with E-state index in [1.807, 2.05) is 0 Å². The second-order valence-electron chi connectivity index (χ2n) is 11.8. The van der Waals surface area contributed by atoms with Gasteiger partial charge in [-0.3, -0.25) is 9.11 Å². The summed E-state index contributed by atoms with van der Waals surface area (Å²) >= 11 is 0. The highest BCUT2D eigenvalue weighted by molar-refractivity contribution is 7.79. The van der Waals surface area contributed by atoms with Crippen LogP contribution in [-0.4, -0.2) is 43.7 Å². The van der Waals surface area contributed by atoms with E-state index in [2.05, 4.69) is 138 Å². The van der Waals surface area contributed by atoms with E-state index >= 15 is 0 Å². The van der Waals surface area contributed by atoms with Gasteiger partial charge in [0.25, 0.3) is 0 Å². The topological polar surface area (TPSA) is 81.1 Å². The van der Waals surface area contributed by atoms with Gasteiger partial charge in [0.1, 0.15) is 0 Å². The maximum Gasteiger partial charge on any atom is 0.394 e. The van der Waals surface area contributed by atoms with Gasteiger partial charge >= 0.3 is 10.4 Å². The molecule has 0 aromatic heterocycles. The molecule has 6 rings (SSSR count). The minimum absolute atomic E-state index is 0.213. The zero-order valence-electron chi connectivity index (χ0n) is 24.1. The van der Waals surface area contributed by atoms with Gasteiger partial charge in [0.2, 0.25) is 0 Å². The van der Waals surface area contributed by atoms with Crippen molar-refractivity contribution in [2.75, 3.05) is 23.9 Å². The van der Waals surface area contributed by atoms with Crippen LogP contribution >= 0.6 is 0 Å². The van der Waals surface area contributed by atoms with E-state index in [-0.39, 0.29) is 10.8 Å². The Labute approximate surface area is 232 Å². The van der Waals surface area contributed by atoms with Crippen molar-refractivity contribution in [2.24, 2.45) is 0 Å². The molecule has 4 aromatic carbocycles. The number of hydrogen-bond donors (Lipinski definition) is 2. The van der Waals surface area contributed by atoms with Crippen LogP contribution in [0.5, 0.6) is 0 Å². The minimum atomic E-state index is -4.67. The second-order valence-corrected chi connectivity index (χ2v) is 12.7. The summed E-state index contributed by atoms with van der Waals surface area (Å²) in [7, 11) is -0.264. The normalized spacial score (nSPS) is 20.6. The molecule has 4 aromatic rings. The number of likely N-dealkylation sites (N-methyl/N-ethyl adjacent to an activating group) is 2. The summed E-state index contributed by atoms with van der Waals surface area (Å²) in [4.78, 5) is 4.81. The summed E-state index contributed by atoms with van der Waals surface area (Å²) in [5.41, 5.74) is 6.22. The molecular weight excluding hydrogens is 508 g/mol. The third kappa shape index (κ3) is 5.23. The maximum absolute atomic E-state index is 8.74. The van der Waals surface area contributed by atoms with Gasteiger partial charge in [-0.1, -0.05) is 88.4 Å². The Morgan fingerprint density at radius 2 is 0.923 bits per heavy atom. The van der Waals surface area contributed by atoms with E-state index in [1.54, 1.807) is 0 Å². The van der Waals surface area contributed by atoms with Crippen molar-refractivity contribution in [1.29, 1.82) is 0 Å². The van der Waals surface area contributed by atoms with E-state index in [4.69, 9.17) is 17.5 Å². The Hall–Kier alpha value is -3.13. The summed E-state index contributed by atoms with van der Waals surface area (Å²) in [6, 6.07) is 27.5. The monoisotopic (exact) mass is 548 g/mol. The molecule has 0 radical (unpaired) electrons. The third-order valence-corrected chi connectivity index (χ3v) is 9.11. The first-order valence-electron chi connectivity index (χ1n) is 13.3. The van der Waals surface area contributed by atoms with Crippen LogP contribution in [0.4, 0.5) is 11.4 Å². The lowest BCUT2D eigenvalue weighted by molar-refractivity contribution is 0.381. The molecular formula is C32H40N2O4S. The fraction of sp³-hybridized carbons (Fsp3) is 0.375. The van der Waals surface area contributed by atoms with E-state index in [0.717, 1.165) is 0 Å². The molecule has 7 heteroatoms. The first kappa shape index (κ1) is 28.9. The Morgan fingerprint density at radius 1 is 0.615 bits per heavy atom. The minimum Gasteiger partial charge on any atom is -0.371 e. The fourth-order valence-corrected chi connectivity index (χ4v) is 6.27. The van der Waals surface area contributed by atoms with Gasteiger partial charge in [0, 0.05) is 48.4 Å². The molecule has 6 nitrogen and oxygen atoms in total. The molecule has 2 aliphatic rings. The highest BCUT2D eigenvalue weighted by Crippen LogP contribution is 2.48. The van der Waals surface area contributed by atoms with Gasteiger partial charge in [0.15, 0.2) is 0 Å². The molecule has 208 valence electrons. The lowest BCUT2D eigenvalue weighted by atomic mass is 9.79. The van der Waals surface area contributed by atoms with Crippen molar-refractivity contribution >= 4 is 43.3 Å². The van der Waals surface area contributed by atoms with Gasteiger partial charge in [-0.2, -0.15) is 8.42 Å². The molecule has 2 N–H and O–H groups in total. The zero-order valence-corrected chi connectivity index (χ0v) is 24.9. The fourth-order valence-electron chi connectivity index (χ4n) is 6.27. The Morgan fingerprint density at radius 3 is 1.26 bits per heavy atom. The second kappa shape index (κ2) is 10.1. The standard InChI is InChI=1S/2C16H19N.H2O4S/c2*1-11-16(2,3)15-13-8-6-5-7-12(13)9-10-14(15)17(11)4;1-5(2,3)4/h2*5-11H,1-4H3;(H2,1,2,3,4). The van der Waals surface area contributed by atoms with Crippen LogP contribution in [0, 0.1) is 0 Å². The number of benzene rings is 4. The molecule has 39 heavy (non-hydrogen) atoms. The summed E-state index contributed by atoms with van der Waals surface area (Å²) in [6.45, 7) is 14.0. The largest absolute Gasteiger partial charge is 0.394 e. The average molecular weight is 549 g/mol. The van der Waals surface area contributed by atoms with Crippen LogP contribution in [0.1, 0.15) is 52.7 Å². The molecule has 0 amide bonds. The van der Waals surface area contributed by atoms with Crippen molar-refractivity contribution in [3.05, 3.63) is 83.9 Å². The molecule has 0 aliphatic carbocycles. The average Bonchev–Trinajstić information content (AvgIpc) is 3.17. The van der Waals surface area contributed by atoms with Gasteiger partial charge in [-0.25, -0.2) is 0 Å². The lowest BCUT2D eigenvalue weighted by Gasteiger charge is -2.28. The summed E-state index contributed by atoms with van der Waals surface area (Å²) < 4.78 is 31.6. The molecule has 2 unspecified atom stereocenters. The third-order valence-electron chi connectivity index (χ3n) is 9.11. The van der Waals surface area contributed by atoms with E-state index in [0.29, 0.717) is 12.1 Å². The molecule has 2 aliphatic heterocycles. The predicted octanol–water partition coefficient (Wildman–Crippen LogP) is 7.26. The first-order valence-corrected chi connectivity index (χ1v) is 14.7. The summed E-state index contributed by atoms with van der Waals surface area (Å²) in [5.74, 6) is 0. The summed E-state index contributed by atoms with van der Waals surface area (Å²) in [6.07, 6.45) is 0. The number of anilines is 2. The van der Waals surface area contributed by atoms with Crippen molar-refractivity contribution < 1.29 is 17.5 Å². The van der Waals surface area contributed by atoms with Crippen molar-refractivity contribution in [3.63, 3.8) is 0 Å². The van der Waals surface area contributed by atoms with Crippen LogP contribution in [0.25, 0.3) is 21.5 Å². The number of nitrogens with zero attached hydrogens (tertiary/aromatic N) is 2. The van der Waals surface area contributed by atoms with Crippen LogP contribution in [0.2, 0.25) is 0 Å². The van der Waals surface area contributed by atoms with Crippen LogP contribution in [0.15, 0.2) is 72.8 Å². The van der Waals surface area contributed by atoms with Gasteiger partial charge < -0.3 is 9.80 Å². The Bertz CT molecular complexity index is 1510. The highest BCUT2D eigenvalue weighted by Gasteiger charge is 2.42. The van der Waals surface area contributed by atoms with Gasteiger partial charge in [-0.05, 0) is 58.7 Å². The maximum atomic E-state index is 8.74. The smallest absolute Gasteiger partial charge is 0.371 e. The van der Waals surface area contributed by atoms with Gasteiger partial charge in [0.05, 0.1) is 0 Å². The molecule has 0 spiro atoms. The molecule has 0 bridgehead atoms. The first-order chi connectivity index (χ1) is 18.1. The predicted molar refractivity (Wildman–Crippen MR) is 164 cm³/mol. The quantitative estimate of drug-likeness (QED) is 0.225. The molecule has 2 atom stereocenters. The summed E-state index contributed by atoms with van der Waals surface area (Å²) in [5, 5.41) is 5.51. The van der Waals surface area contributed by atoms with E-state index in [9.17, 15) is 0 Å². The zero-order chi connectivity index (χ0) is 28.9. The van der Waals surface area contributed by atoms with Crippen LogP contribution in [-0.2, 0) is 21.2 Å². The molecule has 0 fully saturated rings. The molecule has 0 saturated carbocycles. The molecule has 0 saturated heterocycles. The van der Waals surface area contributed by atoms with Crippen LogP contribution in [0.3, 0.4) is 0 Å². The van der Waals surface area contributed by atoms with Crippen molar-refractivity contribution in [2.45, 2.75) is 64.5 Å². The van der Waals surface area contributed by atoms with Crippen LogP contribution < -0.4 is 9.80 Å². The van der Waals surface area contributed by atoms with Crippen molar-refractivity contribution in [1.82, 2.24) is 0 Å². The van der Waals surface area contributed by atoms with Crippen molar-refractivity contribution in [3.8, 4) is 0 Å². The molecule has 2 heterocycles. The Balaban J connectivity index is 0.000000155. The SMILES string of the molecule is CC1N(C)c2ccc3ccccc3c2C1(C)C.CC1N(C)c2ccc3ccccc3c2C1(C)C.O=S(=O)(O)O. The lowest BCUT2D eigenvalue weighted by Crippen LogP contribution is -2.36. The number of hydrogen-bond acceptors (Lipinski definition) is 4. The van der Waals surface area contributed by atoms with E-state index < -0.39 is 10.4 Å². The highest BCUT2D eigenvalue weighted by atomic mass is 32.3. The number of fused-ring (bicyclic) bond motifs is 6.